The Kier molecular flexibility index (Phi) is 5.46. The number of alkyl halides is 3. The van der Waals surface area contributed by atoms with Gasteiger partial charge in [0, 0.05) is 11.7 Å². The highest BCUT2D eigenvalue weighted by atomic mass is 35.5. The largest absolute Gasteiger partial charge is 0.417 e. The summed E-state index contributed by atoms with van der Waals surface area (Å²) in [6, 6.07) is 13.2. The van der Waals surface area contributed by atoms with Crippen molar-refractivity contribution in [3.63, 3.8) is 0 Å². The molecule has 0 bridgehead atoms. The van der Waals surface area contributed by atoms with Gasteiger partial charge in [-0.25, -0.2) is 0 Å². The number of anilines is 3. The molecule has 1 unspecified atom stereocenters. The number of nitrogens with one attached hydrogen (secondary N) is 2. The number of hydrogen-bond donors (Lipinski definition) is 2. The van der Waals surface area contributed by atoms with Gasteiger partial charge in [-0.3, -0.25) is 0 Å². The molecule has 0 saturated heterocycles. The lowest BCUT2D eigenvalue weighted by Crippen LogP contribution is -2.10. The molecule has 0 saturated carbocycles. The van der Waals surface area contributed by atoms with Crippen LogP contribution in [0.5, 0.6) is 0 Å². The smallest absolute Gasteiger partial charge is 0.362 e. The van der Waals surface area contributed by atoms with Gasteiger partial charge in [-0.15, -0.1) is 5.10 Å². The van der Waals surface area contributed by atoms with Crippen molar-refractivity contribution >= 4 is 29.1 Å². The highest BCUT2D eigenvalue weighted by Gasteiger charge is 2.33. The van der Waals surface area contributed by atoms with Crippen LogP contribution in [-0.2, 0) is 6.18 Å². The third-order valence-electron chi connectivity index (χ3n) is 3.75. The van der Waals surface area contributed by atoms with Crippen LogP contribution in [0.15, 0.2) is 54.7 Å². The number of aromatic nitrogens is 3. The second kappa shape index (κ2) is 7.79. The Balaban J connectivity index is 1.77. The molecule has 0 aliphatic rings. The van der Waals surface area contributed by atoms with E-state index in [1.807, 2.05) is 37.3 Å². The summed E-state index contributed by atoms with van der Waals surface area (Å²) in [7, 11) is 0. The van der Waals surface area contributed by atoms with Gasteiger partial charge in [0.15, 0.2) is 5.82 Å². The minimum Gasteiger partial charge on any atom is -0.362 e. The first-order chi connectivity index (χ1) is 12.8. The van der Waals surface area contributed by atoms with Crippen molar-refractivity contribution in [3.05, 3.63) is 70.9 Å². The van der Waals surface area contributed by atoms with Crippen LogP contribution in [0.3, 0.4) is 0 Å². The summed E-state index contributed by atoms with van der Waals surface area (Å²) in [5.74, 6) is 0.504. The highest BCUT2D eigenvalue weighted by molar-refractivity contribution is 6.31. The average molecular weight is 394 g/mol. The van der Waals surface area contributed by atoms with E-state index in [1.54, 1.807) is 0 Å². The van der Waals surface area contributed by atoms with Crippen LogP contribution < -0.4 is 10.6 Å². The van der Waals surface area contributed by atoms with E-state index < -0.39 is 11.7 Å². The van der Waals surface area contributed by atoms with Gasteiger partial charge in [-0.1, -0.05) is 41.9 Å². The van der Waals surface area contributed by atoms with Crippen molar-refractivity contribution in [2.24, 2.45) is 0 Å². The standard InChI is InChI=1S/C18H15ClF3N5/c1-11(12-5-3-2-4-6-12)24-16-10-23-27-17(26-16)25-13-7-8-15(19)14(9-13)18(20,21)22/h2-11H,1H3,(H2,24,25,26,27). The Morgan fingerprint density at radius 2 is 1.81 bits per heavy atom. The molecular weight excluding hydrogens is 379 g/mol. The van der Waals surface area contributed by atoms with Gasteiger partial charge in [0.05, 0.1) is 16.8 Å². The lowest BCUT2D eigenvalue weighted by atomic mass is 10.1. The fourth-order valence-corrected chi connectivity index (χ4v) is 2.65. The number of hydrogen-bond acceptors (Lipinski definition) is 5. The summed E-state index contributed by atoms with van der Waals surface area (Å²) < 4.78 is 38.9. The maximum absolute atomic E-state index is 13.0. The Morgan fingerprint density at radius 3 is 2.52 bits per heavy atom. The van der Waals surface area contributed by atoms with E-state index >= 15 is 0 Å². The van der Waals surface area contributed by atoms with E-state index in [2.05, 4.69) is 25.8 Å². The molecule has 2 N–H and O–H groups in total. The van der Waals surface area contributed by atoms with Crippen molar-refractivity contribution in [2.75, 3.05) is 10.6 Å². The molecule has 3 aromatic rings. The number of halogens is 4. The molecule has 27 heavy (non-hydrogen) atoms. The molecule has 0 spiro atoms. The third-order valence-corrected chi connectivity index (χ3v) is 4.08. The molecule has 0 aliphatic carbocycles. The van der Waals surface area contributed by atoms with Gasteiger partial charge in [0.1, 0.15) is 0 Å². The van der Waals surface area contributed by atoms with Gasteiger partial charge < -0.3 is 10.6 Å². The molecule has 3 rings (SSSR count). The van der Waals surface area contributed by atoms with E-state index in [-0.39, 0.29) is 22.7 Å². The van der Waals surface area contributed by atoms with Crippen LogP contribution in [-0.4, -0.2) is 15.2 Å². The van der Waals surface area contributed by atoms with Gasteiger partial charge in [-0.05, 0) is 30.7 Å². The second-order valence-corrected chi connectivity index (χ2v) is 6.17. The van der Waals surface area contributed by atoms with Gasteiger partial charge in [-0.2, -0.15) is 23.3 Å². The van der Waals surface area contributed by atoms with Crippen molar-refractivity contribution in [1.82, 2.24) is 15.2 Å². The first-order valence-corrected chi connectivity index (χ1v) is 8.36. The molecule has 0 fully saturated rings. The Bertz CT molecular complexity index is 918. The Labute approximate surface area is 158 Å². The predicted molar refractivity (Wildman–Crippen MR) is 98.0 cm³/mol. The summed E-state index contributed by atoms with van der Waals surface area (Å²) in [5.41, 5.74) is 0.272. The van der Waals surface area contributed by atoms with Crippen LogP contribution in [0.2, 0.25) is 5.02 Å². The van der Waals surface area contributed by atoms with Crippen LogP contribution in [0.25, 0.3) is 0 Å². The lowest BCUT2D eigenvalue weighted by molar-refractivity contribution is -0.137. The summed E-state index contributed by atoms with van der Waals surface area (Å²) in [5, 5.41) is 13.1. The highest BCUT2D eigenvalue weighted by Crippen LogP contribution is 2.36. The minimum atomic E-state index is -4.55. The maximum Gasteiger partial charge on any atom is 0.417 e. The molecule has 5 nitrogen and oxygen atoms in total. The van der Waals surface area contributed by atoms with E-state index in [0.29, 0.717) is 5.82 Å². The van der Waals surface area contributed by atoms with E-state index in [9.17, 15) is 13.2 Å². The average Bonchev–Trinajstić information content (AvgIpc) is 2.63. The molecule has 140 valence electrons. The van der Waals surface area contributed by atoms with Gasteiger partial charge >= 0.3 is 6.18 Å². The first kappa shape index (κ1) is 18.9. The molecule has 9 heteroatoms. The molecule has 0 radical (unpaired) electrons. The van der Waals surface area contributed by atoms with Gasteiger partial charge in [0.2, 0.25) is 5.95 Å². The van der Waals surface area contributed by atoms with Crippen molar-refractivity contribution in [1.29, 1.82) is 0 Å². The normalized spacial score (nSPS) is 12.5. The number of benzene rings is 2. The summed E-state index contributed by atoms with van der Waals surface area (Å²) in [6.07, 6.45) is -3.12. The van der Waals surface area contributed by atoms with E-state index in [0.717, 1.165) is 11.6 Å². The molecule has 0 aliphatic heterocycles. The summed E-state index contributed by atoms with van der Waals surface area (Å²) in [6.45, 7) is 1.96. The third kappa shape index (κ3) is 4.85. The zero-order chi connectivity index (χ0) is 19.4. The van der Waals surface area contributed by atoms with E-state index in [4.69, 9.17) is 11.6 Å². The fourth-order valence-electron chi connectivity index (χ4n) is 2.42. The SMILES string of the molecule is CC(Nc1cnnc(Nc2ccc(Cl)c(C(F)(F)F)c2)n1)c1ccccc1. The van der Waals surface area contributed by atoms with E-state index in [1.165, 1.54) is 18.3 Å². The molecule has 1 aromatic heterocycles. The van der Waals surface area contributed by atoms with Gasteiger partial charge in [0.25, 0.3) is 0 Å². The Hall–Kier alpha value is -2.87. The molecule has 1 atom stereocenters. The minimum absolute atomic E-state index is 0.0388. The van der Waals surface area contributed by atoms with Crippen LogP contribution in [0, 0.1) is 0 Å². The predicted octanol–water partition coefficient (Wildman–Crippen LogP) is 5.46. The van der Waals surface area contributed by atoms with Crippen LogP contribution >= 0.6 is 11.6 Å². The van der Waals surface area contributed by atoms with Crippen LogP contribution in [0.1, 0.15) is 24.1 Å². The maximum atomic E-state index is 13.0. The van der Waals surface area contributed by atoms with Crippen molar-refractivity contribution in [2.45, 2.75) is 19.1 Å². The molecule has 1 heterocycles. The topological polar surface area (TPSA) is 62.7 Å². The quantitative estimate of drug-likeness (QED) is 0.602. The fraction of sp³-hybridized carbons (Fsp3) is 0.167. The molecule has 0 amide bonds. The molecular formula is C18H15ClF3N5. The number of nitrogens with zero attached hydrogens (tertiary/aromatic N) is 3. The second-order valence-electron chi connectivity index (χ2n) is 5.76. The summed E-state index contributed by atoms with van der Waals surface area (Å²) in [4.78, 5) is 4.24. The van der Waals surface area contributed by atoms with Crippen molar-refractivity contribution in [3.8, 4) is 0 Å². The zero-order valence-electron chi connectivity index (χ0n) is 14.1. The van der Waals surface area contributed by atoms with Crippen LogP contribution in [0.4, 0.5) is 30.6 Å². The molecule has 2 aromatic carbocycles. The van der Waals surface area contributed by atoms with Crippen molar-refractivity contribution < 1.29 is 13.2 Å². The first-order valence-electron chi connectivity index (χ1n) is 7.98. The zero-order valence-corrected chi connectivity index (χ0v) is 14.9. The lowest BCUT2D eigenvalue weighted by Gasteiger charge is -2.15. The summed E-state index contributed by atoms with van der Waals surface area (Å²) >= 11 is 5.62. The Morgan fingerprint density at radius 1 is 1.07 bits per heavy atom. The number of rotatable bonds is 5. The monoisotopic (exact) mass is 393 g/mol.